The Hall–Kier alpha value is -3.86. The molecule has 8 nitrogen and oxygen atoms in total. The van der Waals surface area contributed by atoms with Crippen LogP contribution in [-0.4, -0.2) is 65.4 Å². The van der Waals surface area contributed by atoms with E-state index in [0.29, 0.717) is 13.2 Å². The molecule has 1 aromatic heterocycles. The monoisotopic (exact) mass is 598 g/mol. The van der Waals surface area contributed by atoms with Gasteiger partial charge in [-0.3, -0.25) is 0 Å². The maximum atomic E-state index is 12.8. The van der Waals surface area contributed by atoms with Crippen molar-refractivity contribution in [2.24, 2.45) is 5.41 Å². The highest BCUT2D eigenvalue weighted by Crippen LogP contribution is 2.22. The van der Waals surface area contributed by atoms with Crippen LogP contribution in [0.4, 0.5) is 19.1 Å². The van der Waals surface area contributed by atoms with Crippen LogP contribution in [0.25, 0.3) is 5.70 Å². The van der Waals surface area contributed by atoms with Gasteiger partial charge in [-0.05, 0) is 53.6 Å². The molecule has 11 heteroatoms. The summed E-state index contributed by atoms with van der Waals surface area (Å²) in [6.45, 7) is 14.1. The van der Waals surface area contributed by atoms with Crippen molar-refractivity contribution in [3.8, 4) is 11.8 Å². The van der Waals surface area contributed by atoms with E-state index in [0.717, 1.165) is 67.2 Å². The van der Waals surface area contributed by atoms with Gasteiger partial charge in [-0.2, -0.15) is 28.1 Å². The van der Waals surface area contributed by atoms with Crippen molar-refractivity contribution in [2.45, 2.75) is 52.8 Å². The van der Waals surface area contributed by atoms with Crippen LogP contribution in [0.3, 0.4) is 0 Å². The molecule has 0 saturated heterocycles. The van der Waals surface area contributed by atoms with Crippen LogP contribution in [0, 0.1) is 5.41 Å². The van der Waals surface area contributed by atoms with E-state index >= 15 is 0 Å². The fourth-order valence-corrected chi connectivity index (χ4v) is 4.83. The topological polar surface area (TPSA) is 84.4 Å². The maximum Gasteiger partial charge on any atom is 0.422 e. The molecule has 0 saturated carbocycles. The second-order valence-corrected chi connectivity index (χ2v) is 11.6. The van der Waals surface area contributed by atoms with Crippen molar-refractivity contribution in [3.05, 3.63) is 77.6 Å². The molecule has 0 spiro atoms. The van der Waals surface area contributed by atoms with Crippen LogP contribution < -0.4 is 20.1 Å². The minimum Gasteiger partial charge on any atom is -0.494 e. The van der Waals surface area contributed by atoms with Gasteiger partial charge in [0.15, 0.2) is 6.61 Å². The van der Waals surface area contributed by atoms with Crippen molar-refractivity contribution < 1.29 is 22.6 Å². The van der Waals surface area contributed by atoms with Crippen molar-refractivity contribution in [3.63, 3.8) is 0 Å². The van der Waals surface area contributed by atoms with Crippen LogP contribution in [0.2, 0.25) is 0 Å². The Labute approximate surface area is 251 Å². The van der Waals surface area contributed by atoms with E-state index in [9.17, 15) is 13.2 Å². The van der Waals surface area contributed by atoms with Gasteiger partial charge in [-0.1, -0.05) is 63.7 Å². The number of alkyl halides is 3. The van der Waals surface area contributed by atoms with Crippen molar-refractivity contribution in [1.82, 2.24) is 25.2 Å². The smallest absolute Gasteiger partial charge is 0.422 e. The molecule has 2 N–H and O–H groups in total. The predicted molar refractivity (Wildman–Crippen MR) is 162 cm³/mol. The third kappa shape index (κ3) is 10.7. The molecule has 43 heavy (non-hydrogen) atoms. The zero-order chi connectivity index (χ0) is 30.9. The highest BCUT2D eigenvalue weighted by molar-refractivity contribution is 5.61. The highest BCUT2D eigenvalue weighted by Gasteiger charge is 2.29. The van der Waals surface area contributed by atoms with E-state index < -0.39 is 12.8 Å². The highest BCUT2D eigenvalue weighted by atomic mass is 19.4. The summed E-state index contributed by atoms with van der Waals surface area (Å²) in [5.74, 6) is 1.20. The summed E-state index contributed by atoms with van der Waals surface area (Å²) in [6, 6.07) is 15.1. The summed E-state index contributed by atoms with van der Waals surface area (Å²) in [5, 5.41) is 6.59. The first kappa shape index (κ1) is 32.1. The Bertz CT molecular complexity index is 1330. The average molecular weight is 599 g/mol. The van der Waals surface area contributed by atoms with Gasteiger partial charge >= 0.3 is 12.2 Å². The Morgan fingerprint density at radius 2 is 1.72 bits per heavy atom. The summed E-state index contributed by atoms with van der Waals surface area (Å²) < 4.78 is 49.3. The van der Waals surface area contributed by atoms with E-state index in [4.69, 9.17) is 9.47 Å². The number of aromatic nitrogens is 3. The minimum absolute atomic E-state index is 0.0127. The van der Waals surface area contributed by atoms with Crippen molar-refractivity contribution >= 4 is 11.6 Å². The number of hydrogen-bond donors (Lipinski definition) is 2. The molecular weight excluding hydrogens is 557 g/mol. The van der Waals surface area contributed by atoms with E-state index in [-0.39, 0.29) is 29.6 Å². The summed E-state index contributed by atoms with van der Waals surface area (Å²) in [5.41, 5.74) is 3.61. The lowest BCUT2D eigenvalue weighted by Gasteiger charge is -2.33. The Balaban J connectivity index is 1.57. The van der Waals surface area contributed by atoms with Crippen molar-refractivity contribution in [2.75, 3.05) is 44.7 Å². The van der Waals surface area contributed by atoms with E-state index in [1.54, 1.807) is 0 Å². The van der Waals surface area contributed by atoms with Gasteiger partial charge in [0, 0.05) is 38.3 Å². The van der Waals surface area contributed by atoms with E-state index in [2.05, 4.69) is 57.8 Å². The molecule has 0 fully saturated rings. The standard InChI is InChI=1S/C32H41F3N6O2/c1-5-15-41-16-6-17-42-27-13-9-25(10-14-27)19-36-29-38-28(39-30(40-29)43-22-32(33,34)35)18-24-7-11-26(12-8-24)23(2)37-20-31(3,4)21-41/h7-14,37H,2,5-6,15-22H2,1,3-4H3,(H,36,38,39,40). The van der Waals surface area contributed by atoms with Gasteiger partial charge in [0.2, 0.25) is 5.95 Å². The predicted octanol–water partition coefficient (Wildman–Crippen LogP) is 6.10. The van der Waals surface area contributed by atoms with E-state index in [1.165, 1.54) is 0 Å². The summed E-state index contributed by atoms with van der Waals surface area (Å²) in [6.07, 6.45) is -2.23. The van der Waals surface area contributed by atoms with Gasteiger partial charge in [-0.15, -0.1) is 0 Å². The Morgan fingerprint density at radius 3 is 2.42 bits per heavy atom. The molecule has 5 heterocycles. The van der Waals surface area contributed by atoms with Crippen LogP contribution >= 0.6 is 0 Å². The number of benzene rings is 2. The maximum absolute atomic E-state index is 12.8. The lowest BCUT2D eigenvalue weighted by Crippen LogP contribution is -2.41. The minimum atomic E-state index is -4.51. The van der Waals surface area contributed by atoms with Gasteiger partial charge in [0.05, 0.1) is 6.61 Å². The molecule has 0 aliphatic carbocycles. The summed E-state index contributed by atoms with van der Waals surface area (Å²) in [7, 11) is 0. The Kier molecular flexibility index (Phi) is 10.8. The fourth-order valence-electron chi connectivity index (χ4n) is 4.83. The number of nitrogens with one attached hydrogen (secondary N) is 2. The molecule has 0 amide bonds. The zero-order valence-electron chi connectivity index (χ0n) is 25.1. The summed E-state index contributed by atoms with van der Waals surface area (Å²) in [4.78, 5) is 15.1. The Morgan fingerprint density at radius 1 is 1.00 bits per heavy atom. The third-order valence-electron chi connectivity index (χ3n) is 6.92. The molecular formula is C32H41F3N6O2. The SMILES string of the molecule is C=C1NCC(C)(C)CN(CCC)CCCOc2ccc(cc2)CNc2nc(nc(OCC(F)(F)F)n2)Cc2ccc1cc2. The number of hydrogen-bond acceptors (Lipinski definition) is 8. The van der Waals surface area contributed by atoms with E-state index in [1.807, 2.05) is 48.5 Å². The van der Waals surface area contributed by atoms with Gasteiger partial charge in [0.1, 0.15) is 11.6 Å². The molecule has 6 bridgehead atoms. The molecule has 0 atom stereocenters. The number of halogens is 3. The number of ether oxygens (including phenoxy) is 2. The molecule has 3 aromatic rings. The number of rotatable bonds is 4. The molecule has 232 valence electrons. The lowest BCUT2D eigenvalue weighted by molar-refractivity contribution is -0.154. The van der Waals surface area contributed by atoms with Crippen molar-refractivity contribution in [1.29, 1.82) is 0 Å². The number of nitrogens with zero attached hydrogens (tertiary/aromatic N) is 4. The van der Waals surface area contributed by atoms with Gasteiger partial charge in [0.25, 0.3) is 0 Å². The largest absolute Gasteiger partial charge is 0.494 e. The first-order chi connectivity index (χ1) is 20.5. The molecule has 7 rings (SSSR count). The van der Waals surface area contributed by atoms with Gasteiger partial charge in [-0.25, -0.2) is 0 Å². The second-order valence-electron chi connectivity index (χ2n) is 11.6. The second kappa shape index (κ2) is 14.5. The van der Waals surface area contributed by atoms with Crippen LogP contribution in [-0.2, 0) is 13.0 Å². The molecule has 4 aliphatic rings. The fraction of sp³-hybridized carbons (Fsp3) is 0.469. The lowest BCUT2D eigenvalue weighted by atomic mass is 9.92. The van der Waals surface area contributed by atoms with Crippen LogP contribution in [0.15, 0.2) is 55.1 Å². The molecule has 2 aromatic carbocycles. The summed E-state index contributed by atoms with van der Waals surface area (Å²) >= 11 is 0. The first-order valence-corrected chi connectivity index (χ1v) is 14.6. The average Bonchev–Trinajstić information content (AvgIpc) is 2.96. The third-order valence-corrected chi connectivity index (χ3v) is 6.92. The van der Waals surface area contributed by atoms with Crippen LogP contribution in [0.5, 0.6) is 11.8 Å². The molecule has 0 unspecified atom stereocenters. The molecule has 4 aliphatic heterocycles. The quantitative estimate of drug-likeness (QED) is 0.373. The zero-order valence-corrected chi connectivity index (χ0v) is 25.1. The first-order valence-electron chi connectivity index (χ1n) is 14.6. The normalized spacial score (nSPS) is 16.9. The van der Waals surface area contributed by atoms with Gasteiger partial charge < -0.3 is 25.0 Å². The van der Waals surface area contributed by atoms with Crippen LogP contribution in [0.1, 0.15) is 56.1 Å². The molecule has 0 radical (unpaired) electrons. The number of anilines is 1.